The van der Waals surface area contributed by atoms with Crippen LogP contribution in [-0.2, 0) is 9.53 Å². The second-order valence-electron chi connectivity index (χ2n) is 9.08. The monoisotopic (exact) mass is 537 g/mol. The minimum Gasteiger partial charge on any atom is -0.475 e. The van der Waals surface area contributed by atoms with Gasteiger partial charge in [0.05, 0.1) is 31.0 Å². The molecule has 2 aliphatic rings. The van der Waals surface area contributed by atoms with Crippen LogP contribution < -0.4 is 5.32 Å². The fraction of sp³-hybridized carbons (Fsp3) is 0.542. The maximum atomic E-state index is 13.0. The van der Waals surface area contributed by atoms with Gasteiger partial charge in [-0.25, -0.2) is 9.78 Å². The number of carbonyl (C=O) groups is 2. The SMILES string of the molecule is O=C(NCCCN1CCOCC1)c1nc(-c2ccnn2C2CCCC2)n2ccncc12.O=C(O)C(F)(F)F. The van der Waals surface area contributed by atoms with Crippen molar-refractivity contribution in [2.75, 3.05) is 39.4 Å². The molecule has 0 aromatic carbocycles. The summed E-state index contributed by atoms with van der Waals surface area (Å²) in [5, 5.41) is 14.7. The Morgan fingerprint density at radius 1 is 1.16 bits per heavy atom. The maximum Gasteiger partial charge on any atom is 0.490 e. The smallest absolute Gasteiger partial charge is 0.475 e. The van der Waals surface area contributed by atoms with Crippen molar-refractivity contribution in [3.8, 4) is 11.5 Å². The van der Waals surface area contributed by atoms with Crippen LogP contribution in [-0.4, -0.2) is 91.6 Å². The van der Waals surface area contributed by atoms with Crippen LogP contribution in [0.15, 0.2) is 30.9 Å². The van der Waals surface area contributed by atoms with Crippen LogP contribution in [0.3, 0.4) is 0 Å². The number of ether oxygens (including phenoxy) is 1. The molecule has 38 heavy (non-hydrogen) atoms. The predicted molar refractivity (Wildman–Crippen MR) is 130 cm³/mol. The molecular formula is C24H30F3N7O4. The van der Waals surface area contributed by atoms with Gasteiger partial charge in [0, 0.05) is 38.2 Å². The van der Waals surface area contributed by atoms with Crippen molar-refractivity contribution in [1.82, 2.24) is 34.4 Å². The summed E-state index contributed by atoms with van der Waals surface area (Å²) < 4.78 is 41.1. The Balaban J connectivity index is 0.000000426. The molecule has 0 bridgehead atoms. The Labute approximate surface area is 216 Å². The van der Waals surface area contributed by atoms with Crippen molar-refractivity contribution in [3.63, 3.8) is 0 Å². The minimum absolute atomic E-state index is 0.161. The fourth-order valence-electron chi connectivity index (χ4n) is 4.63. The van der Waals surface area contributed by atoms with Crippen LogP contribution in [0, 0.1) is 0 Å². The van der Waals surface area contributed by atoms with E-state index in [1.807, 2.05) is 22.9 Å². The van der Waals surface area contributed by atoms with Crippen LogP contribution in [0.5, 0.6) is 0 Å². The summed E-state index contributed by atoms with van der Waals surface area (Å²) in [6.07, 6.45) is 7.65. The van der Waals surface area contributed by atoms with Gasteiger partial charge in [-0.3, -0.25) is 23.8 Å². The Kier molecular flexibility index (Phi) is 8.94. The first kappa shape index (κ1) is 27.5. The van der Waals surface area contributed by atoms with E-state index in [4.69, 9.17) is 19.6 Å². The lowest BCUT2D eigenvalue weighted by molar-refractivity contribution is -0.192. The van der Waals surface area contributed by atoms with Gasteiger partial charge in [0.15, 0.2) is 11.5 Å². The number of rotatable bonds is 7. The third kappa shape index (κ3) is 6.67. The van der Waals surface area contributed by atoms with Gasteiger partial charge >= 0.3 is 12.1 Å². The molecule has 3 aromatic rings. The van der Waals surface area contributed by atoms with Crippen molar-refractivity contribution >= 4 is 17.4 Å². The number of morpholine rings is 1. The van der Waals surface area contributed by atoms with E-state index >= 15 is 0 Å². The molecule has 14 heteroatoms. The first-order valence-electron chi connectivity index (χ1n) is 12.5. The molecule has 1 aliphatic heterocycles. The molecule has 4 heterocycles. The average Bonchev–Trinajstić information content (AvgIpc) is 3.66. The molecule has 1 aliphatic carbocycles. The second kappa shape index (κ2) is 12.3. The van der Waals surface area contributed by atoms with Crippen LogP contribution in [0.1, 0.15) is 48.6 Å². The number of carboxylic acid groups (broad SMARTS) is 1. The van der Waals surface area contributed by atoms with Gasteiger partial charge in [-0.15, -0.1) is 0 Å². The van der Waals surface area contributed by atoms with Crippen molar-refractivity contribution in [2.24, 2.45) is 0 Å². The molecule has 0 spiro atoms. The summed E-state index contributed by atoms with van der Waals surface area (Å²) in [6.45, 7) is 5.08. The topological polar surface area (TPSA) is 127 Å². The van der Waals surface area contributed by atoms with Crippen molar-refractivity contribution in [2.45, 2.75) is 44.3 Å². The van der Waals surface area contributed by atoms with E-state index < -0.39 is 12.1 Å². The van der Waals surface area contributed by atoms with Gasteiger partial charge < -0.3 is 15.2 Å². The highest BCUT2D eigenvalue weighted by Gasteiger charge is 2.38. The minimum atomic E-state index is -5.08. The van der Waals surface area contributed by atoms with Gasteiger partial charge in [-0.1, -0.05) is 12.8 Å². The molecule has 2 N–H and O–H groups in total. The average molecular weight is 538 g/mol. The highest BCUT2D eigenvalue weighted by molar-refractivity contribution is 5.99. The third-order valence-electron chi connectivity index (χ3n) is 6.51. The zero-order chi connectivity index (χ0) is 27.1. The van der Waals surface area contributed by atoms with Gasteiger partial charge in [-0.05, 0) is 31.9 Å². The molecule has 0 radical (unpaired) electrons. The molecule has 5 rings (SSSR count). The van der Waals surface area contributed by atoms with E-state index in [-0.39, 0.29) is 5.91 Å². The van der Waals surface area contributed by atoms with E-state index in [2.05, 4.69) is 25.0 Å². The number of hydrogen-bond acceptors (Lipinski definition) is 7. The number of alkyl halides is 3. The fourth-order valence-corrected chi connectivity index (χ4v) is 4.63. The quantitative estimate of drug-likeness (QED) is 0.441. The van der Waals surface area contributed by atoms with Crippen molar-refractivity contribution in [1.29, 1.82) is 0 Å². The standard InChI is InChI=1S/C22H29N7O2.C2HF3O2/c30-22(24-7-3-10-27-12-14-31-15-13-27)20-19-16-23-9-11-28(19)21(26-20)18-6-8-25-29(18)17-4-1-2-5-17;3-2(4,5)1(6)7/h6,8-9,11,16-17H,1-5,7,10,12-15H2,(H,24,30);(H,6,7). The zero-order valence-electron chi connectivity index (χ0n) is 20.7. The Bertz CT molecular complexity index is 1230. The normalized spacial score (nSPS) is 16.8. The number of hydrogen-bond donors (Lipinski definition) is 2. The molecule has 206 valence electrons. The van der Waals surface area contributed by atoms with Gasteiger partial charge in [0.1, 0.15) is 5.69 Å². The lowest BCUT2D eigenvalue weighted by Crippen LogP contribution is -2.38. The molecule has 1 saturated carbocycles. The molecule has 1 amide bonds. The Morgan fingerprint density at radius 3 is 2.55 bits per heavy atom. The van der Waals surface area contributed by atoms with E-state index in [1.54, 1.807) is 12.4 Å². The Morgan fingerprint density at radius 2 is 1.87 bits per heavy atom. The van der Waals surface area contributed by atoms with Crippen LogP contribution in [0.2, 0.25) is 0 Å². The predicted octanol–water partition coefficient (Wildman–Crippen LogP) is 2.79. The molecular weight excluding hydrogens is 507 g/mol. The summed E-state index contributed by atoms with van der Waals surface area (Å²) in [5.41, 5.74) is 2.07. The summed E-state index contributed by atoms with van der Waals surface area (Å²) in [7, 11) is 0. The van der Waals surface area contributed by atoms with E-state index in [0.717, 1.165) is 63.6 Å². The molecule has 1 saturated heterocycles. The highest BCUT2D eigenvalue weighted by atomic mass is 19.4. The molecule has 0 atom stereocenters. The largest absolute Gasteiger partial charge is 0.490 e. The number of aromatic nitrogens is 5. The van der Waals surface area contributed by atoms with Crippen LogP contribution >= 0.6 is 0 Å². The van der Waals surface area contributed by atoms with E-state index in [1.165, 1.54) is 12.8 Å². The highest BCUT2D eigenvalue weighted by Crippen LogP contribution is 2.33. The summed E-state index contributed by atoms with van der Waals surface area (Å²) in [6, 6.07) is 2.38. The number of amides is 1. The number of carbonyl (C=O) groups excluding carboxylic acids is 1. The number of nitrogens with zero attached hydrogens (tertiary/aromatic N) is 6. The maximum absolute atomic E-state index is 13.0. The third-order valence-corrected chi connectivity index (χ3v) is 6.51. The number of fused-ring (bicyclic) bond motifs is 1. The second-order valence-corrected chi connectivity index (χ2v) is 9.08. The van der Waals surface area contributed by atoms with Gasteiger partial charge in [-0.2, -0.15) is 18.3 Å². The zero-order valence-corrected chi connectivity index (χ0v) is 20.7. The summed E-state index contributed by atoms with van der Waals surface area (Å²) in [5.74, 6) is -2.18. The summed E-state index contributed by atoms with van der Waals surface area (Å²) >= 11 is 0. The van der Waals surface area contributed by atoms with Crippen molar-refractivity contribution in [3.05, 3.63) is 36.5 Å². The molecule has 11 nitrogen and oxygen atoms in total. The number of carboxylic acids is 1. The van der Waals surface area contributed by atoms with Crippen LogP contribution in [0.4, 0.5) is 13.2 Å². The van der Waals surface area contributed by atoms with E-state index in [0.29, 0.717) is 23.8 Å². The molecule has 2 fully saturated rings. The van der Waals surface area contributed by atoms with Crippen molar-refractivity contribution < 1.29 is 32.6 Å². The van der Waals surface area contributed by atoms with E-state index in [9.17, 15) is 18.0 Å². The Hall–Kier alpha value is -3.52. The number of imidazole rings is 1. The molecule has 0 unspecified atom stereocenters. The first-order valence-corrected chi connectivity index (χ1v) is 12.5. The molecule has 3 aromatic heterocycles. The number of aliphatic carboxylic acids is 1. The number of halogens is 3. The van der Waals surface area contributed by atoms with Gasteiger partial charge in [0.25, 0.3) is 5.91 Å². The number of nitrogens with one attached hydrogen (secondary N) is 1. The first-order chi connectivity index (χ1) is 18.3. The van der Waals surface area contributed by atoms with Gasteiger partial charge in [0.2, 0.25) is 0 Å². The summed E-state index contributed by atoms with van der Waals surface area (Å²) in [4.78, 5) is 33.2. The van der Waals surface area contributed by atoms with Crippen LogP contribution in [0.25, 0.3) is 17.0 Å². The lowest BCUT2D eigenvalue weighted by atomic mass is 10.2. The lowest BCUT2D eigenvalue weighted by Gasteiger charge is -2.26.